The molecule has 1 aromatic carbocycles. The second-order valence-electron chi connectivity index (χ2n) is 4.31. The van der Waals surface area contributed by atoms with Crippen LogP contribution in [0.3, 0.4) is 0 Å². The lowest BCUT2D eigenvalue weighted by molar-refractivity contribution is 0.538. The number of aromatic nitrogens is 2. The molecular weight excluding hydrogens is 198 g/mol. The lowest BCUT2D eigenvalue weighted by Crippen LogP contribution is -2.25. The maximum atomic E-state index is 4.02. The average molecular weight is 213 g/mol. The molecule has 2 N–H and O–H groups in total. The van der Waals surface area contributed by atoms with Crippen molar-refractivity contribution in [2.24, 2.45) is 0 Å². The fourth-order valence-electron chi connectivity index (χ4n) is 2.14. The molecule has 0 aliphatic heterocycles. The Morgan fingerprint density at radius 1 is 1.31 bits per heavy atom. The number of fused-ring (bicyclic) bond motifs is 1. The minimum absolute atomic E-state index is 0.623. The number of H-pyrrole nitrogens is 1. The largest absolute Gasteiger partial charge is 0.309 e. The smallest absolute Gasteiger partial charge is 0.0653 e. The molecule has 0 spiro atoms. The molecular formula is C13H15N3. The van der Waals surface area contributed by atoms with Crippen LogP contribution in [0.4, 0.5) is 0 Å². The van der Waals surface area contributed by atoms with E-state index < -0.39 is 0 Å². The summed E-state index contributed by atoms with van der Waals surface area (Å²) in [5.74, 6) is 0. The van der Waals surface area contributed by atoms with E-state index in [0.29, 0.717) is 6.04 Å². The van der Waals surface area contributed by atoms with Gasteiger partial charge in [-0.05, 0) is 24.5 Å². The van der Waals surface area contributed by atoms with Crippen LogP contribution in [-0.2, 0) is 6.54 Å². The van der Waals surface area contributed by atoms with Crippen molar-refractivity contribution in [3.63, 3.8) is 0 Å². The van der Waals surface area contributed by atoms with E-state index in [1.165, 1.54) is 10.9 Å². The standard InChI is InChI=1S/C13H15N3/c1-2-4-12(3-1)14-8-10-5-6-11-9-15-16-13(11)7-10/h1-2,5-7,9,12,14H,3-4,8H2,(H,15,16). The summed E-state index contributed by atoms with van der Waals surface area (Å²) in [5.41, 5.74) is 2.42. The molecule has 0 fully saturated rings. The third-order valence-electron chi connectivity index (χ3n) is 3.11. The van der Waals surface area contributed by atoms with Crippen LogP contribution in [-0.4, -0.2) is 16.2 Å². The van der Waals surface area contributed by atoms with Crippen LogP contribution in [0.15, 0.2) is 36.5 Å². The minimum Gasteiger partial charge on any atom is -0.309 e. The third-order valence-corrected chi connectivity index (χ3v) is 3.11. The van der Waals surface area contributed by atoms with Gasteiger partial charge < -0.3 is 5.32 Å². The van der Waals surface area contributed by atoms with Gasteiger partial charge in [0.05, 0.1) is 11.7 Å². The fraction of sp³-hybridized carbons (Fsp3) is 0.308. The van der Waals surface area contributed by atoms with Gasteiger partial charge in [-0.15, -0.1) is 0 Å². The average Bonchev–Trinajstić information content (AvgIpc) is 2.97. The highest BCUT2D eigenvalue weighted by Crippen LogP contribution is 2.14. The highest BCUT2D eigenvalue weighted by molar-refractivity contribution is 5.78. The normalized spacial score (nSPS) is 16.2. The lowest BCUT2D eigenvalue weighted by Gasteiger charge is -2.11. The van der Waals surface area contributed by atoms with Gasteiger partial charge in [0.2, 0.25) is 0 Å². The van der Waals surface area contributed by atoms with E-state index in [-0.39, 0.29) is 0 Å². The number of hydrogen-bond donors (Lipinski definition) is 2. The Morgan fingerprint density at radius 3 is 3.06 bits per heavy atom. The summed E-state index contributed by atoms with van der Waals surface area (Å²) in [6, 6.07) is 7.06. The van der Waals surface area contributed by atoms with E-state index in [4.69, 9.17) is 0 Å². The van der Waals surface area contributed by atoms with Crippen molar-refractivity contribution in [1.82, 2.24) is 15.5 Å². The summed E-state index contributed by atoms with van der Waals surface area (Å²) in [6.45, 7) is 0.932. The molecule has 0 saturated heterocycles. The summed E-state index contributed by atoms with van der Waals surface area (Å²) < 4.78 is 0. The van der Waals surface area contributed by atoms with Gasteiger partial charge in [0.1, 0.15) is 0 Å². The number of benzene rings is 1. The maximum Gasteiger partial charge on any atom is 0.0653 e. The predicted octanol–water partition coefficient (Wildman–Crippen LogP) is 2.37. The van der Waals surface area contributed by atoms with E-state index in [1.54, 1.807) is 0 Å². The van der Waals surface area contributed by atoms with Gasteiger partial charge in [-0.3, -0.25) is 5.10 Å². The number of nitrogens with zero attached hydrogens (tertiary/aromatic N) is 1. The zero-order valence-corrected chi connectivity index (χ0v) is 9.11. The maximum absolute atomic E-state index is 4.02. The molecule has 82 valence electrons. The Morgan fingerprint density at radius 2 is 2.19 bits per heavy atom. The Kier molecular flexibility index (Phi) is 2.46. The van der Waals surface area contributed by atoms with Crippen LogP contribution in [0.2, 0.25) is 0 Å². The van der Waals surface area contributed by atoms with Crippen LogP contribution < -0.4 is 5.32 Å². The Labute approximate surface area is 94.6 Å². The molecule has 0 amide bonds. The quantitative estimate of drug-likeness (QED) is 0.768. The zero-order valence-electron chi connectivity index (χ0n) is 9.11. The van der Waals surface area contributed by atoms with E-state index >= 15 is 0 Å². The molecule has 0 radical (unpaired) electrons. The highest BCUT2D eigenvalue weighted by Gasteiger charge is 2.08. The third kappa shape index (κ3) is 1.86. The van der Waals surface area contributed by atoms with Crippen molar-refractivity contribution in [1.29, 1.82) is 0 Å². The summed E-state index contributed by atoms with van der Waals surface area (Å²) in [4.78, 5) is 0. The molecule has 16 heavy (non-hydrogen) atoms. The summed E-state index contributed by atoms with van der Waals surface area (Å²) in [7, 11) is 0. The number of aromatic amines is 1. The van der Waals surface area contributed by atoms with E-state index in [2.05, 4.69) is 45.9 Å². The minimum atomic E-state index is 0.623. The first kappa shape index (κ1) is 9.60. The van der Waals surface area contributed by atoms with Crippen LogP contribution in [0.5, 0.6) is 0 Å². The predicted molar refractivity (Wildman–Crippen MR) is 65.1 cm³/mol. The molecule has 2 aromatic rings. The van der Waals surface area contributed by atoms with Crippen LogP contribution in [0, 0.1) is 0 Å². The van der Waals surface area contributed by atoms with Crippen LogP contribution in [0.1, 0.15) is 18.4 Å². The highest BCUT2D eigenvalue weighted by atomic mass is 15.1. The van der Waals surface area contributed by atoms with Crippen molar-refractivity contribution in [2.45, 2.75) is 25.4 Å². The number of rotatable bonds is 3. The summed E-state index contributed by atoms with van der Waals surface area (Å²) in [6.07, 6.45) is 8.66. The second kappa shape index (κ2) is 4.10. The second-order valence-corrected chi connectivity index (χ2v) is 4.31. The van der Waals surface area contributed by atoms with Gasteiger partial charge in [-0.1, -0.05) is 24.3 Å². The van der Waals surface area contributed by atoms with Crippen molar-refractivity contribution in [2.75, 3.05) is 0 Å². The van der Waals surface area contributed by atoms with Gasteiger partial charge in [-0.25, -0.2) is 0 Å². The Bertz CT molecular complexity index is 505. The number of nitrogens with one attached hydrogen (secondary N) is 2. The van der Waals surface area contributed by atoms with Crippen molar-refractivity contribution < 1.29 is 0 Å². The first-order chi connectivity index (χ1) is 7.92. The molecule has 1 aliphatic rings. The first-order valence-corrected chi connectivity index (χ1v) is 5.72. The molecule has 1 aromatic heterocycles. The van der Waals surface area contributed by atoms with Crippen molar-refractivity contribution >= 4 is 10.9 Å². The molecule has 3 nitrogen and oxygen atoms in total. The molecule has 1 heterocycles. The zero-order chi connectivity index (χ0) is 10.8. The number of hydrogen-bond acceptors (Lipinski definition) is 2. The van der Waals surface area contributed by atoms with E-state index in [0.717, 1.165) is 24.9 Å². The van der Waals surface area contributed by atoms with Gasteiger partial charge in [0.25, 0.3) is 0 Å². The lowest BCUT2D eigenvalue weighted by atomic mass is 10.1. The molecule has 1 aliphatic carbocycles. The van der Waals surface area contributed by atoms with Gasteiger partial charge in [-0.2, -0.15) is 5.10 Å². The van der Waals surface area contributed by atoms with Crippen molar-refractivity contribution in [3.8, 4) is 0 Å². The van der Waals surface area contributed by atoms with Gasteiger partial charge >= 0.3 is 0 Å². The monoisotopic (exact) mass is 213 g/mol. The van der Waals surface area contributed by atoms with Gasteiger partial charge in [0.15, 0.2) is 0 Å². The van der Waals surface area contributed by atoms with Crippen LogP contribution >= 0.6 is 0 Å². The summed E-state index contributed by atoms with van der Waals surface area (Å²) >= 11 is 0. The Hall–Kier alpha value is -1.61. The van der Waals surface area contributed by atoms with Crippen molar-refractivity contribution in [3.05, 3.63) is 42.1 Å². The molecule has 3 heteroatoms. The molecule has 0 bridgehead atoms. The molecule has 0 atom stereocenters. The van der Waals surface area contributed by atoms with E-state index in [1.807, 2.05) is 6.20 Å². The SMILES string of the molecule is C1=CCC(NCc2ccc3cn[nH]c3c2)C1. The topological polar surface area (TPSA) is 40.7 Å². The first-order valence-electron chi connectivity index (χ1n) is 5.72. The Balaban J connectivity index is 1.69. The molecule has 0 unspecified atom stereocenters. The molecule has 0 saturated carbocycles. The molecule has 3 rings (SSSR count). The summed E-state index contributed by atoms with van der Waals surface area (Å²) in [5, 5.41) is 11.8. The van der Waals surface area contributed by atoms with Crippen LogP contribution in [0.25, 0.3) is 10.9 Å². The van der Waals surface area contributed by atoms with E-state index in [9.17, 15) is 0 Å². The fourth-order valence-corrected chi connectivity index (χ4v) is 2.14. The van der Waals surface area contributed by atoms with Gasteiger partial charge in [0, 0.05) is 18.0 Å².